The number of hydrogen-bond acceptors (Lipinski definition) is 2. The molecule has 1 aromatic carbocycles. The standard InChI is InChI=1S/C17H27NO/c1-3-5-6-7-10-13-18-15-16-11-8-9-12-17(16)19-14-4-2/h4,8-9,11-12,18H,2-3,5-7,10,13-15H2,1H3. The molecule has 2 nitrogen and oxygen atoms in total. The van der Waals surface area contributed by atoms with Crippen LogP contribution in [0.1, 0.15) is 44.6 Å². The molecule has 1 aromatic rings. The van der Waals surface area contributed by atoms with Crippen molar-refractivity contribution in [2.24, 2.45) is 0 Å². The van der Waals surface area contributed by atoms with E-state index in [0.717, 1.165) is 18.8 Å². The van der Waals surface area contributed by atoms with Crippen LogP contribution >= 0.6 is 0 Å². The smallest absolute Gasteiger partial charge is 0.124 e. The fourth-order valence-corrected chi connectivity index (χ4v) is 2.02. The third kappa shape index (κ3) is 7.02. The summed E-state index contributed by atoms with van der Waals surface area (Å²) in [7, 11) is 0. The van der Waals surface area contributed by atoms with Gasteiger partial charge < -0.3 is 10.1 Å². The topological polar surface area (TPSA) is 21.3 Å². The summed E-state index contributed by atoms with van der Waals surface area (Å²) in [5, 5.41) is 3.49. The van der Waals surface area contributed by atoms with Crippen molar-refractivity contribution in [3.8, 4) is 5.75 Å². The van der Waals surface area contributed by atoms with Gasteiger partial charge in [0.2, 0.25) is 0 Å². The first kappa shape index (κ1) is 15.8. The van der Waals surface area contributed by atoms with Crippen molar-refractivity contribution in [2.75, 3.05) is 13.2 Å². The third-order valence-corrected chi connectivity index (χ3v) is 3.10. The number of ether oxygens (including phenoxy) is 1. The highest BCUT2D eigenvalue weighted by Crippen LogP contribution is 2.17. The molecule has 106 valence electrons. The summed E-state index contributed by atoms with van der Waals surface area (Å²) >= 11 is 0. The Labute approximate surface area is 117 Å². The second-order valence-electron chi connectivity index (χ2n) is 4.80. The molecule has 0 bridgehead atoms. The van der Waals surface area contributed by atoms with Gasteiger partial charge in [-0.2, -0.15) is 0 Å². The lowest BCUT2D eigenvalue weighted by Crippen LogP contribution is -2.15. The monoisotopic (exact) mass is 261 g/mol. The summed E-state index contributed by atoms with van der Waals surface area (Å²) in [6.07, 6.45) is 8.39. The summed E-state index contributed by atoms with van der Waals surface area (Å²) in [6.45, 7) is 8.45. The van der Waals surface area contributed by atoms with Crippen molar-refractivity contribution < 1.29 is 4.74 Å². The van der Waals surface area contributed by atoms with Crippen LogP contribution in [0.4, 0.5) is 0 Å². The second-order valence-corrected chi connectivity index (χ2v) is 4.80. The maximum atomic E-state index is 5.64. The van der Waals surface area contributed by atoms with E-state index in [2.05, 4.69) is 31.0 Å². The Morgan fingerprint density at radius 3 is 2.74 bits per heavy atom. The van der Waals surface area contributed by atoms with Crippen molar-refractivity contribution in [1.29, 1.82) is 0 Å². The molecule has 1 N–H and O–H groups in total. The number of para-hydroxylation sites is 1. The van der Waals surface area contributed by atoms with Gasteiger partial charge >= 0.3 is 0 Å². The van der Waals surface area contributed by atoms with Crippen LogP contribution in [0.3, 0.4) is 0 Å². The van der Waals surface area contributed by atoms with Crippen LogP contribution in [0.5, 0.6) is 5.75 Å². The molecule has 0 aliphatic carbocycles. The van der Waals surface area contributed by atoms with Gasteiger partial charge in [-0.25, -0.2) is 0 Å². The average Bonchev–Trinajstić information content (AvgIpc) is 2.45. The van der Waals surface area contributed by atoms with Crippen LogP contribution in [0.25, 0.3) is 0 Å². The van der Waals surface area contributed by atoms with E-state index >= 15 is 0 Å². The minimum absolute atomic E-state index is 0.564. The van der Waals surface area contributed by atoms with Gasteiger partial charge in [0.05, 0.1) is 0 Å². The van der Waals surface area contributed by atoms with Crippen molar-refractivity contribution in [1.82, 2.24) is 5.32 Å². The molecule has 0 saturated carbocycles. The molecule has 0 radical (unpaired) electrons. The van der Waals surface area contributed by atoms with Crippen molar-refractivity contribution in [3.63, 3.8) is 0 Å². The predicted octanol–water partition coefficient (Wildman–Crippen LogP) is 4.31. The molecule has 2 heteroatoms. The zero-order valence-corrected chi connectivity index (χ0v) is 12.2. The van der Waals surface area contributed by atoms with E-state index < -0.39 is 0 Å². The van der Waals surface area contributed by atoms with Crippen molar-refractivity contribution in [3.05, 3.63) is 42.5 Å². The van der Waals surface area contributed by atoms with E-state index in [9.17, 15) is 0 Å². The molecule has 1 rings (SSSR count). The van der Waals surface area contributed by atoms with Crippen LogP contribution in [0.15, 0.2) is 36.9 Å². The lowest BCUT2D eigenvalue weighted by atomic mass is 10.1. The summed E-state index contributed by atoms with van der Waals surface area (Å²) in [5.41, 5.74) is 1.22. The molecule has 0 heterocycles. The minimum atomic E-state index is 0.564. The first-order chi connectivity index (χ1) is 9.38. The molecule has 0 amide bonds. The molecule has 0 aromatic heterocycles. The highest BCUT2D eigenvalue weighted by molar-refractivity contribution is 5.33. The molecule has 0 saturated heterocycles. The van der Waals surface area contributed by atoms with E-state index in [1.807, 2.05) is 12.1 Å². The summed E-state index contributed by atoms with van der Waals surface area (Å²) in [4.78, 5) is 0. The molecular formula is C17H27NO. The highest BCUT2D eigenvalue weighted by Gasteiger charge is 2.01. The predicted molar refractivity (Wildman–Crippen MR) is 82.6 cm³/mol. The summed E-state index contributed by atoms with van der Waals surface area (Å²) in [5.74, 6) is 0.959. The van der Waals surface area contributed by atoms with Gasteiger partial charge in [0.25, 0.3) is 0 Å². The maximum absolute atomic E-state index is 5.64. The lowest BCUT2D eigenvalue weighted by Gasteiger charge is -2.11. The van der Waals surface area contributed by atoms with Gasteiger partial charge in [-0.05, 0) is 19.0 Å². The van der Waals surface area contributed by atoms with Gasteiger partial charge in [-0.3, -0.25) is 0 Å². The SMILES string of the molecule is C=CCOc1ccccc1CNCCCCCCC. The molecule has 0 fully saturated rings. The van der Waals surface area contributed by atoms with Crippen LogP contribution in [-0.4, -0.2) is 13.2 Å². The molecule has 0 atom stereocenters. The lowest BCUT2D eigenvalue weighted by molar-refractivity contribution is 0.358. The van der Waals surface area contributed by atoms with Gasteiger partial charge in [0, 0.05) is 12.1 Å². The Morgan fingerprint density at radius 2 is 1.95 bits per heavy atom. The minimum Gasteiger partial charge on any atom is -0.489 e. The molecule has 0 spiro atoms. The Kier molecular flexibility index (Phi) is 8.82. The molecule has 0 aliphatic heterocycles. The number of benzene rings is 1. The number of unbranched alkanes of at least 4 members (excludes halogenated alkanes) is 4. The molecule has 0 unspecified atom stereocenters. The zero-order valence-electron chi connectivity index (χ0n) is 12.2. The Bertz CT molecular complexity index is 349. The van der Waals surface area contributed by atoms with Gasteiger partial charge in [-0.15, -0.1) is 0 Å². The van der Waals surface area contributed by atoms with E-state index in [4.69, 9.17) is 4.74 Å². The highest BCUT2D eigenvalue weighted by atomic mass is 16.5. The third-order valence-electron chi connectivity index (χ3n) is 3.10. The number of nitrogens with one attached hydrogen (secondary N) is 1. The quantitative estimate of drug-likeness (QED) is 0.473. The normalized spacial score (nSPS) is 10.4. The molecule has 19 heavy (non-hydrogen) atoms. The summed E-state index contributed by atoms with van der Waals surface area (Å²) in [6, 6.07) is 8.19. The number of hydrogen-bond donors (Lipinski definition) is 1. The summed E-state index contributed by atoms with van der Waals surface area (Å²) < 4.78 is 5.64. The van der Waals surface area contributed by atoms with E-state index in [1.54, 1.807) is 6.08 Å². The zero-order chi connectivity index (χ0) is 13.8. The first-order valence-electron chi connectivity index (χ1n) is 7.40. The average molecular weight is 261 g/mol. The van der Waals surface area contributed by atoms with E-state index in [0.29, 0.717) is 6.61 Å². The van der Waals surface area contributed by atoms with E-state index in [-0.39, 0.29) is 0 Å². The molecular weight excluding hydrogens is 234 g/mol. The second kappa shape index (κ2) is 10.6. The Morgan fingerprint density at radius 1 is 1.16 bits per heavy atom. The number of rotatable bonds is 11. The Balaban J connectivity index is 2.22. The first-order valence-corrected chi connectivity index (χ1v) is 7.40. The van der Waals surface area contributed by atoms with E-state index in [1.165, 1.54) is 37.7 Å². The van der Waals surface area contributed by atoms with Gasteiger partial charge in [0.15, 0.2) is 0 Å². The van der Waals surface area contributed by atoms with Crippen LogP contribution in [0, 0.1) is 0 Å². The fraction of sp³-hybridized carbons (Fsp3) is 0.529. The van der Waals surface area contributed by atoms with Crippen molar-refractivity contribution in [2.45, 2.75) is 45.6 Å². The van der Waals surface area contributed by atoms with Crippen LogP contribution < -0.4 is 10.1 Å². The fourth-order valence-electron chi connectivity index (χ4n) is 2.02. The molecule has 0 aliphatic rings. The largest absolute Gasteiger partial charge is 0.489 e. The van der Waals surface area contributed by atoms with Crippen molar-refractivity contribution >= 4 is 0 Å². The van der Waals surface area contributed by atoms with Crippen LogP contribution in [-0.2, 0) is 6.54 Å². The Hall–Kier alpha value is -1.28. The maximum Gasteiger partial charge on any atom is 0.124 e. The van der Waals surface area contributed by atoms with Gasteiger partial charge in [-0.1, -0.05) is 63.5 Å². The van der Waals surface area contributed by atoms with Crippen LogP contribution in [0.2, 0.25) is 0 Å². The van der Waals surface area contributed by atoms with Gasteiger partial charge in [0.1, 0.15) is 12.4 Å².